The van der Waals surface area contributed by atoms with Gasteiger partial charge in [0.15, 0.2) is 12.4 Å². The van der Waals surface area contributed by atoms with Crippen molar-refractivity contribution in [3.63, 3.8) is 0 Å². The lowest BCUT2D eigenvalue weighted by molar-refractivity contribution is -0.175. The molecule has 1 aromatic rings. The first kappa shape index (κ1) is 23.6. The standard InChI is InChI=1S/C23H26Cl2O6/c1-4-7-23-8-5-13-10-16(30-12-17(27)31-22(2,3)21(28)29)19(24)20(25)18(13)15(23)11-14(26)6-9-23/h10-11H,4-9,12H2,1-3H3,(H,28,29). The lowest BCUT2D eigenvalue weighted by Crippen LogP contribution is -2.38. The van der Waals surface area contributed by atoms with Crippen molar-refractivity contribution in [2.24, 2.45) is 5.41 Å². The molecule has 168 valence electrons. The van der Waals surface area contributed by atoms with Crippen LogP contribution in [0.1, 0.15) is 64.0 Å². The van der Waals surface area contributed by atoms with Gasteiger partial charge in [-0.05, 0) is 68.2 Å². The van der Waals surface area contributed by atoms with Gasteiger partial charge in [-0.25, -0.2) is 9.59 Å². The predicted molar refractivity (Wildman–Crippen MR) is 118 cm³/mol. The zero-order valence-electron chi connectivity index (χ0n) is 17.8. The molecule has 1 aromatic carbocycles. The number of esters is 1. The SMILES string of the molecule is CCCC12CCC(=O)C=C1c1c(cc(OCC(=O)OC(C)(C)C(=O)O)c(Cl)c1Cl)CC2. The number of carboxylic acid groups (broad SMARTS) is 1. The number of halogens is 2. The largest absolute Gasteiger partial charge is 0.480 e. The number of carbonyl (C=O) groups is 3. The second-order valence-electron chi connectivity index (χ2n) is 8.67. The fourth-order valence-corrected chi connectivity index (χ4v) is 4.98. The van der Waals surface area contributed by atoms with E-state index in [4.69, 9.17) is 37.8 Å². The van der Waals surface area contributed by atoms with Gasteiger partial charge in [-0.15, -0.1) is 0 Å². The van der Waals surface area contributed by atoms with Crippen LogP contribution >= 0.6 is 23.2 Å². The van der Waals surface area contributed by atoms with Gasteiger partial charge in [-0.2, -0.15) is 0 Å². The van der Waals surface area contributed by atoms with Gasteiger partial charge in [0, 0.05) is 12.0 Å². The smallest absolute Gasteiger partial charge is 0.347 e. The Morgan fingerprint density at radius 1 is 1.19 bits per heavy atom. The van der Waals surface area contributed by atoms with E-state index in [1.54, 1.807) is 12.1 Å². The quantitative estimate of drug-likeness (QED) is 0.548. The van der Waals surface area contributed by atoms with Crippen molar-refractivity contribution in [2.45, 2.75) is 64.9 Å². The topological polar surface area (TPSA) is 89.9 Å². The highest BCUT2D eigenvalue weighted by atomic mass is 35.5. The minimum Gasteiger partial charge on any atom is -0.480 e. The summed E-state index contributed by atoms with van der Waals surface area (Å²) in [5.41, 5.74) is 0.919. The summed E-state index contributed by atoms with van der Waals surface area (Å²) in [7, 11) is 0. The van der Waals surface area contributed by atoms with Crippen molar-refractivity contribution >= 4 is 46.5 Å². The van der Waals surface area contributed by atoms with Crippen molar-refractivity contribution in [3.8, 4) is 5.75 Å². The van der Waals surface area contributed by atoms with Crippen LogP contribution in [0.15, 0.2) is 12.1 Å². The number of hydrogen-bond acceptors (Lipinski definition) is 5. The first-order valence-corrected chi connectivity index (χ1v) is 11.1. The van der Waals surface area contributed by atoms with Crippen LogP contribution in [0.5, 0.6) is 5.75 Å². The Labute approximate surface area is 191 Å². The summed E-state index contributed by atoms with van der Waals surface area (Å²) in [6.07, 6.45) is 6.70. The maximum Gasteiger partial charge on any atom is 0.347 e. The molecule has 1 unspecified atom stereocenters. The molecule has 0 amide bonds. The van der Waals surface area contributed by atoms with E-state index < -0.39 is 24.1 Å². The van der Waals surface area contributed by atoms with E-state index in [0.717, 1.165) is 48.8 Å². The number of carboxylic acids is 1. The molecular formula is C23H26Cl2O6. The Morgan fingerprint density at radius 3 is 2.52 bits per heavy atom. The van der Waals surface area contributed by atoms with Crippen molar-refractivity contribution < 1.29 is 29.0 Å². The average molecular weight is 469 g/mol. The second kappa shape index (κ2) is 8.83. The Bertz CT molecular complexity index is 965. The molecule has 2 aliphatic carbocycles. The number of fused-ring (bicyclic) bond motifs is 3. The molecule has 2 aliphatic rings. The number of aryl methyl sites for hydroxylation is 1. The second-order valence-corrected chi connectivity index (χ2v) is 9.43. The molecule has 0 radical (unpaired) electrons. The Kier molecular flexibility index (Phi) is 6.72. The van der Waals surface area contributed by atoms with Gasteiger partial charge in [0.1, 0.15) is 10.8 Å². The third-order valence-electron chi connectivity index (χ3n) is 6.08. The molecule has 0 spiro atoms. The lowest BCUT2D eigenvalue weighted by Gasteiger charge is -2.43. The van der Waals surface area contributed by atoms with E-state index in [-0.39, 0.29) is 22.0 Å². The Hall–Kier alpha value is -2.05. The molecule has 8 heteroatoms. The van der Waals surface area contributed by atoms with Gasteiger partial charge in [0.2, 0.25) is 5.60 Å². The monoisotopic (exact) mass is 468 g/mol. The van der Waals surface area contributed by atoms with E-state index in [0.29, 0.717) is 11.4 Å². The van der Waals surface area contributed by atoms with Crippen molar-refractivity contribution in [1.82, 2.24) is 0 Å². The van der Waals surface area contributed by atoms with Gasteiger partial charge in [-0.3, -0.25) is 4.79 Å². The summed E-state index contributed by atoms with van der Waals surface area (Å²) in [5.74, 6) is -1.78. The maximum absolute atomic E-state index is 12.2. The molecule has 0 saturated carbocycles. The molecular weight excluding hydrogens is 443 g/mol. The lowest BCUT2D eigenvalue weighted by atomic mass is 9.61. The van der Waals surface area contributed by atoms with E-state index in [9.17, 15) is 14.4 Å². The normalized spacial score (nSPS) is 20.4. The van der Waals surface area contributed by atoms with Gasteiger partial charge in [-0.1, -0.05) is 36.5 Å². The number of allylic oxidation sites excluding steroid dienone is 2. The number of rotatable bonds is 7. The number of ether oxygens (including phenoxy) is 2. The molecule has 0 aromatic heterocycles. The molecule has 0 bridgehead atoms. The summed E-state index contributed by atoms with van der Waals surface area (Å²) in [6, 6.07) is 1.74. The molecule has 1 N–H and O–H groups in total. The van der Waals surface area contributed by atoms with E-state index in [2.05, 4.69) is 6.92 Å². The number of aliphatic carboxylic acids is 1. The zero-order valence-corrected chi connectivity index (χ0v) is 19.4. The first-order valence-electron chi connectivity index (χ1n) is 10.3. The maximum atomic E-state index is 12.2. The van der Waals surface area contributed by atoms with Crippen LogP contribution in [0.2, 0.25) is 10.0 Å². The number of hydrogen-bond donors (Lipinski definition) is 1. The highest BCUT2D eigenvalue weighted by Crippen LogP contribution is 2.56. The summed E-state index contributed by atoms with van der Waals surface area (Å²) in [6.45, 7) is 4.18. The van der Waals surface area contributed by atoms with Crippen LogP contribution in [0, 0.1) is 5.41 Å². The molecule has 6 nitrogen and oxygen atoms in total. The van der Waals surface area contributed by atoms with Crippen LogP contribution in [-0.4, -0.2) is 35.0 Å². The number of benzene rings is 1. The molecule has 0 saturated heterocycles. The third-order valence-corrected chi connectivity index (χ3v) is 6.93. The van der Waals surface area contributed by atoms with Crippen molar-refractivity contribution in [1.29, 1.82) is 0 Å². The fourth-order valence-electron chi connectivity index (χ4n) is 4.46. The van der Waals surface area contributed by atoms with Gasteiger partial charge < -0.3 is 14.6 Å². The Morgan fingerprint density at radius 2 is 1.87 bits per heavy atom. The number of ketones is 1. The summed E-state index contributed by atoms with van der Waals surface area (Å²) in [5, 5.41) is 9.53. The van der Waals surface area contributed by atoms with E-state index in [1.807, 2.05) is 0 Å². The van der Waals surface area contributed by atoms with Gasteiger partial charge >= 0.3 is 11.9 Å². The first-order chi connectivity index (χ1) is 14.5. The minimum absolute atomic E-state index is 0.0722. The molecule has 0 aliphatic heterocycles. The van der Waals surface area contributed by atoms with Crippen LogP contribution in [0.4, 0.5) is 0 Å². The van der Waals surface area contributed by atoms with E-state index >= 15 is 0 Å². The molecule has 3 rings (SSSR count). The summed E-state index contributed by atoms with van der Waals surface area (Å²) < 4.78 is 10.5. The average Bonchev–Trinajstić information content (AvgIpc) is 2.69. The summed E-state index contributed by atoms with van der Waals surface area (Å²) >= 11 is 13.1. The van der Waals surface area contributed by atoms with Crippen LogP contribution in [0.25, 0.3) is 5.57 Å². The molecule has 0 heterocycles. The minimum atomic E-state index is -1.67. The van der Waals surface area contributed by atoms with Gasteiger partial charge in [0.25, 0.3) is 0 Å². The summed E-state index contributed by atoms with van der Waals surface area (Å²) in [4.78, 5) is 35.3. The van der Waals surface area contributed by atoms with Crippen LogP contribution in [0.3, 0.4) is 0 Å². The predicted octanol–water partition coefficient (Wildman–Crippen LogP) is 5.26. The zero-order chi connectivity index (χ0) is 23.0. The molecule has 1 atom stereocenters. The van der Waals surface area contributed by atoms with Crippen LogP contribution < -0.4 is 4.74 Å². The number of carbonyl (C=O) groups excluding carboxylic acids is 2. The highest BCUT2D eigenvalue weighted by molar-refractivity contribution is 6.44. The van der Waals surface area contributed by atoms with E-state index in [1.165, 1.54) is 13.8 Å². The van der Waals surface area contributed by atoms with Crippen molar-refractivity contribution in [3.05, 3.63) is 33.3 Å². The third kappa shape index (κ3) is 4.60. The van der Waals surface area contributed by atoms with Crippen molar-refractivity contribution in [2.75, 3.05) is 6.61 Å². The van der Waals surface area contributed by atoms with Crippen LogP contribution in [-0.2, 0) is 25.5 Å². The molecule has 31 heavy (non-hydrogen) atoms. The Balaban J connectivity index is 1.89. The fraction of sp³-hybridized carbons (Fsp3) is 0.522. The highest BCUT2D eigenvalue weighted by Gasteiger charge is 2.42. The van der Waals surface area contributed by atoms with Gasteiger partial charge in [0.05, 0.1) is 5.02 Å². The molecule has 0 fully saturated rings.